The molecule has 1 unspecified atom stereocenters. The summed E-state index contributed by atoms with van der Waals surface area (Å²) >= 11 is 0. The topological polar surface area (TPSA) is 26.0 Å². The van der Waals surface area contributed by atoms with Crippen LogP contribution in [-0.4, -0.2) is 6.54 Å². The van der Waals surface area contributed by atoms with Crippen molar-refractivity contribution >= 4 is 0 Å². The molecule has 0 aromatic heterocycles. The van der Waals surface area contributed by atoms with E-state index in [0.29, 0.717) is 5.92 Å². The van der Waals surface area contributed by atoms with E-state index < -0.39 is 0 Å². The molecule has 1 nitrogen and oxygen atoms in total. The largest absolute Gasteiger partial charge is 0.330 e. The summed E-state index contributed by atoms with van der Waals surface area (Å²) in [6.45, 7) is 7.23. The van der Waals surface area contributed by atoms with Crippen LogP contribution in [0.4, 0.5) is 0 Å². The maximum atomic E-state index is 5.39. The Morgan fingerprint density at radius 1 is 1.67 bits per heavy atom. The lowest BCUT2D eigenvalue weighted by molar-refractivity contribution is 0.622. The molecule has 0 aliphatic heterocycles. The van der Waals surface area contributed by atoms with E-state index in [0.717, 1.165) is 13.0 Å². The molecule has 2 N–H and O–H groups in total. The van der Waals surface area contributed by atoms with Crippen molar-refractivity contribution in [1.82, 2.24) is 0 Å². The maximum Gasteiger partial charge on any atom is -0.00717 e. The Balaban J connectivity index is 3.59. The summed E-state index contributed by atoms with van der Waals surface area (Å²) in [6, 6.07) is 0. The molecule has 0 aliphatic rings. The van der Waals surface area contributed by atoms with Crippen molar-refractivity contribution < 1.29 is 0 Å². The van der Waals surface area contributed by atoms with Crippen LogP contribution in [-0.2, 0) is 0 Å². The highest BCUT2D eigenvalue weighted by molar-refractivity contribution is 4.99. The van der Waals surface area contributed by atoms with Crippen LogP contribution in [0.25, 0.3) is 0 Å². The van der Waals surface area contributed by atoms with Crippen molar-refractivity contribution in [2.75, 3.05) is 6.54 Å². The molecule has 0 rings (SSSR count). The van der Waals surface area contributed by atoms with Gasteiger partial charge in [0.25, 0.3) is 0 Å². The molecule has 0 radical (unpaired) electrons. The lowest BCUT2D eigenvalue weighted by atomic mass is 9.99. The van der Waals surface area contributed by atoms with Crippen molar-refractivity contribution in [2.24, 2.45) is 11.7 Å². The molecular formula is C8H17N. The third-order valence-electron chi connectivity index (χ3n) is 1.83. The van der Waals surface area contributed by atoms with Gasteiger partial charge >= 0.3 is 0 Å². The second-order valence-electron chi connectivity index (χ2n) is 2.51. The van der Waals surface area contributed by atoms with Gasteiger partial charge < -0.3 is 5.73 Å². The van der Waals surface area contributed by atoms with E-state index in [2.05, 4.69) is 26.8 Å². The summed E-state index contributed by atoms with van der Waals surface area (Å²) in [5.74, 6) is 0.667. The van der Waals surface area contributed by atoms with E-state index in [-0.39, 0.29) is 0 Å². The Bertz CT molecular complexity index is 94.7. The van der Waals surface area contributed by atoms with Crippen LogP contribution in [0.1, 0.15) is 27.2 Å². The fourth-order valence-corrected chi connectivity index (χ4v) is 0.762. The van der Waals surface area contributed by atoms with Gasteiger partial charge in [-0.2, -0.15) is 0 Å². The summed E-state index contributed by atoms with van der Waals surface area (Å²) in [4.78, 5) is 0. The first-order valence-electron chi connectivity index (χ1n) is 3.55. The molecule has 0 heterocycles. The molecule has 1 atom stereocenters. The van der Waals surface area contributed by atoms with Gasteiger partial charge in [-0.25, -0.2) is 0 Å². The van der Waals surface area contributed by atoms with Crippen molar-refractivity contribution in [3.8, 4) is 0 Å². The molecule has 0 spiro atoms. The first-order valence-corrected chi connectivity index (χ1v) is 3.55. The molecule has 9 heavy (non-hydrogen) atoms. The molecule has 0 saturated carbocycles. The SMILES string of the molecule is C/C=C(/C)C(C)CCN. The Labute approximate surface area is 57.9 Å². The Kier molecular flexibility index (Phi) is 4.41. The van der Waals surface area contributed by atoms with Crippen LogP contribution in [0.3, 0.4) is 0 Å². The zero-order valence-corrected chi connectivity index (χ0v) is 6.65. The average molecular weight is 127 g/mol. The van der Waals surface area contributed by atoms with Gasteiger partial charge in [0.1, 0.15) is 0 Å². The van der Waals surface area contributed by atoms with E-state index in [1.54, 1.807) is 0 Å². The predicted octanol–water partition coefficient (Wildman–Crippen LogP) is 1.94. The van der Waals surface area contributed by atoms with E-state index in [4.69, 9.17) is 5.73 Å². The number of hydrogen-bond donors (Lipinski definition) is 1. The molecule has 54 valence electrons. The molecular weight excluding hydrogens is 110 g/mol. The van der Waals surface area contributed by atoms with Gasteiger partial charge in [-0.15, -0.1) is 0 Å². The molecule has 0 aromatic carbocycles. The van der Waals surface area contributed by atoms with Gasteiger partial charge in [0.15, 0.2) is 0 Å². The Hall–Kier alpha value is -0.300. The second kappa shape index (κ2) is 4.57. The van der Waals surface area contributed by atoms with Crippen LogP contribution in [0.5, 0.6) is 0 Å². The predicted molar refractivity (Wildman–Crippen MR) is 42.3 cm³/mol. The lowest BCUT2D eigenvalue weighted by Crippen LogP contribution is -2.06. The van der Waals surface area contributed by atoms with Crippen LogP contribution >= 0.6 is 0 Å². The lowest BCUT2D eigenvalue weighted by Gasteiger charge is -2.08. The Morgan fingerprint density at radius 2 is 2.22 bits per heavy atom. The minimum absolute atomic E-state index is 0.667. The smallest absolute Gasteiger partial charge is 0.00717 e. The van der Waals surface area contributed by atoms with Crippen molar-refractivity contribution in [2.45, 2.75) is 27.2 Å². The summed E-state index contributed by atoms with van der Waals surface area (Å²) < 4.78 is 0. The quantitative estimate of drug-likeness (QED) is 0.576. The van der Waals surface area contributed by atoms with Gasteiger partial charge in [-0.1, -0.05) is 18.6 Å². The number of allylic oxidation sites excluding steroid dienone is 2. The molecule has 0 aromatic rings. The van der Waals surface area contributed by atoms with Crippen molar-refractivity contribution in [3.05, 3.63) is 11.6 Å². The van der Waals surface area contributed by atoms with E-state index in [1.807, 2.05) is 0 Å². The minimum atomic E-state index is 0.667. The van der Waals surface area contributed by atoms with Crippen LogP contribution in [0, 0.1) is 5.92 Å². The zero-order chi connectivity index (χ0) is 7.28. The minimum Gasteiger partial charge on any atom is -0.330 e. The highest BCUT2D eigenvalue weighted by atomic mass is 14.5. The third kappa shape index (κ3) is 3.31. The normalized spacial score (nSPS) is 15.8. The summed E-state index contributed by atoms with van der Waals surface area (Å²) in [6.07, 6.45) is 3.26. The van der Waals surface area contributed by atoms with Crippen molar-refractivity contribution in [3.63, 3.8) is 0 Å². The zero-order valence-electron chi connectivity index (χ0n) is 6.65. The van der Waals surface area contributed by atoms with E-state index >= 15 is 0 Å². The van der Waals surface area contributed by atoms with Crippen LogP contribution in [0.15, 0.2) is 11.6 Å². The fourth-order valence-electron chi connectivity index (χ4n) is 0.762. The summed E-state index contributed by atoms with van der Waals surface area (Å²) in [7, 11) is 0. The number of hydrogen-bond acceptors (Lipinski definition) is 1. The highest BCUT2D eigenvalue weighted by Gasteiger charge is 1.99. The van der Waals surface area contributed by atoms with Crippen molar-refractivity contribution in [1.29, 1.82) is 0 Å². The highest BCUT2D eigenvalue weighted by Crippen LogP contribution is 2.11. The van der Waals surface area contributed by atoms with Gasteiger partial charge in [0.05, 0.1) is 0 Å². The molecule has 0 bridgehead atoms. The summed E-state index contributed by atoms with van der Waals surface area (Å²) in [5, 5.41) is 0. The molecule has 0 amide bonds. The molecule has 0 fully saturated rings. The fraction of sp³-hybridized carbons (Fsp3) is 0.750. The van der Waals surface area contributed by atoms with E-state index in [9.17, 15) is 0 Å². The van der Waals surface area contributed by atoms with Crippen LogP contribution in [0.2, 0.25) is 0 Å². The molecule has 1 heteroatoms. The second-order valence-corrected chi connectivity index (χ2v) is 2.51. The average Bonchev–Trinajstić information content (AvgIpc) is 1.87. The van der Waals surface area contributed by atoms with Gasteiger partial charge in [0.2, 0.25) is 0 Å². The van der Waals surface area contributed by atoms with Gasteiger partial charge in [-0.3, -0.25) is 0 Å². The van der Waals surface area contributed by atoms with Gasteiger partial charge in [-0.05, 0) is 32.7 Å². The third-order valence-corrected chi connectivity index (χ3v) is 1.83. The van der Waals surface area contributed by atoms with E-state index in [1.165, 1.54) is 5.57 Å². The van der Waals surface area contributed by atoms with Gasteiger partial charge in [0, 0.05) is 0 Å². The maximum absolute atomic E-state index is 5.39. The molecule has 0 aliphatic carbocycles. The standard InChI is InChI=1S/C8H17N/c1-4-7(2)8(3)5-6-9/h4,8H,5-6,9H2,1-3H3/b7-4-. The monoisotopic (exact) mass is 127 g/mol. The molecule has 0 saturated heterocycles. The first-order chi connectivity index (χ1) is 4.22. The Morgan fingerprint density at radius 3 is 2.56 bits per heavy atom. The summed E-state index contributed by atoms with van der Waals surface area (Å²) in [5.41, 5.74) is 6.84. The number of nitrogens with two attached hydrogens (primary N) is 1. The first kappa shape index (κ1) is 8.70. The van der Waals surface area contributed by atoms with Crippen LogP contribution < -0.4 is 5.73 Å². The number of rotatable bonds is 3.